The van der Waals surface area contributed by atoms with Crippen LogP contribution < -0.4 is 0 Å². The third-order valence-electron chi connectivity index (χ3n) is 0.992. The fraction of sp³-hybridized carbons (Fsp3) is 0.167. The summed E-state index contributed by atoms with van der Waals surface area (Å²) < 4.78 is 1.18. The predicted molar refractivity (Wildman–Crippen MR) is 47.2 cm³/mol. The lowest BCUT2D eigenvalue weighted by Gasteiger charge is -1.77. The van der Waals surface area contributed by atoms with E-state index < -0.39 is 0 Å². The van der Waals surface area contributed by atoms with Crippen LogP contribution in [0.4, 0.5) is 0 Å². The van der Waals surface area contributed by atoms with Crippen molar-refractivity contribution >= 4 is 40.2 Å². The maximum atomic E-state index is 10.2. The second-order valence-corrected chi connectivity index (χ2v) is 4.12. The fourth-order valence-corrected chi connectivity index (χ4v) is 2.15. The molecule has 1 rings (SSSR count). The summed E-state index contributed by atoms with van der Waals surface area (Å²) >= 11 is 3.76. The van der Waals surface area contributed by atoms with Crippen LogP contribution in [-0.2, 0) is 0 Å². The number of rotatable bonds is 1. The van der Waals surface area contributed by atoms with Gasteiger partial charge in [0.15, 0.2) is 6.29 Å². The molecule has 0 aliphatic heterocycles. The van der Waals surface area contributed by atoms with Crippen molar-refractivity contribution in [2.24, 2.45) is 0 Å². The first kappa shape index (κ1) is 7.21. The van der Waals surface area contributed by atoms with Gasteiger partial charge in [-0.15, -0.1) is 11.3 Å². The molecular weight excluding hydrogens is 247 g/mol. The molecule has 0 spiro atoms. The first-order valence-electron chi connectivity index (χ1n) is 2.45. The van der Waals surface area contributed by atoms with Crippen molar-refractivity contribution in [2.45, 2.75) is 6.92 Å². The summed E-state index contributed by atoms with van der Waals surface area (Å²) in [5.41, 5.74) is 0. The van der Waals surface area contributed by atoms with Crippen molar-refractivity contribution in [1.82, 2.24) is 0 Å². The van der Waals surface area contributed by atoms with Crippen molar-refractivity contribution < 1.29 is 4.79 Å². The van der Waals surface area contributed by atoms with E-state index in [1.165, 1.54) is 19.8 Å². The predicted octanol–water partition coefficient (Wildman–Crippen LogP) is 2.47. The number of hydrogen-bond donors (Lipinski definition) is 0. The standard InChI is InChI=1S/C6H5IOS/c1-4-6(7)2-5(3-8)9-4/h2-3H,1H3. The minimum absolute atomic E-state index is 0.817. The number of carbonyl (C=O) groups is 1. The normalized spacial score (nSPS) is 9.56. The average Bonchev–Trinajstić information content (AvgIpc) is 2.13. The van der Waals surface area contributed by atoms with Gasteiger partial charge in [0.1, 0.15) is 0 Å². The van der Waals surface area contributed by atoms with E-state index >= 15 is 0 Å². The van der Waals surface area contributed by atoms with Crippen LogP contribution in [0.5, 0.6) is 0 Å². The lowest BCUT2D eigenvalue weighted by atomic mass is 10.5. The van der Waals surface area contributed by atoms with E-state index in [0.717, 1.165) is 11.2 Å². The summed E-state index contributed by atoms with van der Waals surface area (Å²) in [6.07, 6.45) is 0.889. The van der Waals surface area contributed by atoms with Gasteiger partial charge in [0, 0.05) is 8.45 Å². The topological polar surface area (TPSA) is 17.1 Å². The Morgan fingerprint density at radius 2 is 2.44 bits per heavy atom. The Bertz CT molecular complexity index is 209. The molecule has 0 fully saturated rings. The van der Waals surface area contributed by atoms with Gasteiger partial charge in [-0.05, 0) is 35.6 Å². The number of aldehydes is 1. The van der Waals surface area contributed by atoms with E-state index in [1.54, 1.807) is 0 Å². The van der Waals surface area contributed by atoms with E-state index in [-0.39, 0.29) is 0 Å². The molecule has 1 aromatic heterocycles. The number of halogens is 1. The van der Waals surface area contributed by atoms with Gasteiger partial charge in [-0.2, -0.15) is 0 Å². The van der Waals surface area contributed by atoms with Crippen LogP contribution in [0.2, 0.25) is 0 Å². The first-order valence-corrected chi connectivity index (χ1v) is 4.34. The Morgan fingerprint density at radius 1 is 1.78 bits per heavy atom. The highest BCUT2D eigenvalue weighted by Gasteiger charge is 1.99. The smallest absolute Gasteiger partial charge is 0.160 e. The molecule has 0 unspecified atom stereocenters. The fourth-order valence-electron chi connectivity index (χ4n) is 0.540. The second-order valence-electron chi connectivity index (χ2n) is 1.67. The van der Waals surface area contributed by atoms with Crippen LogP contribution >= 0.6 is 33.9 Å². The molecule has 0 N–H and O–H groups in total. The molecule has 0 aromatic carbocycles. The molecule has 0 saturated heterocycles. The third kappa shape index (κ3) is 1.52. The molecular formula is C6H5IOS. The van der Waals surface area contributed by atoms with Crippen LogP contribution in [0.1, 0.15) is 14.5 Å². The van der Waals surface area contributed by atoms with Crippen molar-refractivity contribution in [2.75, 3.05) is 0 Å². The van der Waals surface area contributed by atoms with E-state index in [4.69, 9.17) is 0 Å². The summed E-state index contributed by atoms with van der Waals surface area (Å²) in [6, 6.07) is 1.90. The molecule has 0 saturated carbocycles. The summed E-state index contributed by atoms with van der Waals surface area (Å²) in [4.78, 5) is 12.2. The third-order valence-corrected chi connectivity index (χ3v) is 3.45. The molecule has 0 aliphatic carbocycles. The van der Waals surface area contributed by atoms with Crippen LogP contribution in [-0.4, -0.2) is 6.29 Å². The Morgan fingerprint density at radius 3 is 2.67 bits per heavy atom. The van der Waals surface area contributed by atoms with Gasteiger partial charge in [-0.1, -0.05) is 0 Å². The molecule has 3 heteroatoms. The number of aryl methyl sites for hydroxylation is 1. The number of hydrogen-bond acceptors (Lipinski definition) is 2. The zero-order chi connectivity index (χ0) is 6.85. The first-order chi connectivity index (χ1) is 4.24. The highest BCUT2D eigenvalue weighted by molar-refractivity contribution is 14.1. The minimum atomic E-state index is 0.817. The molecule has 9 heavy (non-hydrogen) atoms. The number of carbonyl (C=O) groups excluding carboxylic acids is 1. The van der Waals surface area contributed by atoms with Gasteiger partial charge in [-0.3, -0.25) is 4.79 Å². The van der Waals surface area contributed by atoms with Crippen molar-refractivity contribution in [3.8, 4) is 0 Å². The van der Waals surface area contributed by atoms with Crippen LogP contribution in [0.15, 0.2) is 6.07 Å². The summed E-state index contributed by atoms with van der Waals surface area (Å²) in [5.74, 6) is 0. The average molecular weight is 252 g/mol. The molecule has 1 aromatic rings. The maximum Gasteiger partial charge on any atom is 0.160 e. The van der Waals surface area contributed by atoms with Gasteiger partial charge in [-0.25, -0.2) is 0 Å². The zero-order valence-corrected chi connectivity index (χ0v) is 7.82. The lowest BCUT2D eigenvalue weighted by molar-refractivity contribution is 0.112. The van der Waals surface area contributed by atoms with E-state index in [2.05, 4.69) is 22.6 Å². The lowest BCUT2D eigenvalue weighted by Crippen LogP contribution is -1.64. The summed E-state index contributed by atoms with van der Waals surface area (Å²) in [6.45, 7) is 2.01. The highest BCUT2D eigenvalue weighted by atomic mass is 127. The quantitative estimate of drug-likeness (QED) is 0.554. The van der Waals surface area contributed by atoms with Crippen molar-refractivity contribution in [3.63, 3.8) is 0 Å². The molecule has 0 amide bonds. The van der Waals surface area contributed by atoms with Gasteiger partial charge in [0.2, 0.25) is 0 Å². The monoisotopic (exact) mass is 252 g/mol. The van der Waals surface area contributed by atoms with Crippen molar-refractivity contribution in [1.29, 1.82) is 0 Å². The van der Waals surface area contributed by atoms with Gasteiger partial charge in [0.05, 0.1) is 4.88 Å². The summed E-state index contributed by atoms with van der Waals surface area (Å²) in [7, 11) is 0. The van der Waals surface area contributed by atoms with Crippen LogP contribution in [0, 0.1) is 10.5 Å². The Balaban J connectivity index is 3.11. The van der Waals surface area contributed by atoms with Crippen LogP contribution in [0.3, 0.4) is 0 Å². The van der Waals surface area contributed by atoms with Gasteiger partial charge >= 0.3 is 0 Å². The molecule has 1 heterocycles. The Labute approximate surface area is 71.2 Å². The summed E-state index contributed by atoms with van der Waals surface area (Å²) in [5, 5.41) is 0. The molecule has 0 aliphatic rings. The molecule has 1 nitrogen and oxygen atoms in total. The molecule has 0 radical (unpaired) electrons. The van der Waals surface area contributed by atoms with E-state index in [0.29, 0.717) is 0 Å². The van der Waals surface area contributed by atoms with E-state index in [1.807, 2.05) is 13.0 Å². The Hall–Kier alpha value is 0.100. The SMILES string of the molecule is Cc1sc(C=O)cc1I. The molecule has 0 atom stereocenters. The Kier molecular flexibility index (Phi) is 2.23. The van der Waals surface area contributed by atoms with E-state index in [9.17, 15) is 4.79 Å². The number of thiophene rings is 1. The molecule has 48 valence electrons. The van der Waals surface area contributed by atoms with Gasteiger partial charge < -0.3 is 0 Å². The second kappa shape index (κ2) is 2.79. The van der Waals surface area contributed by atoms with Crippen LogP contribution in [0.25, 0.3) is 0 Å². The maximum absolute atomic E-state index is 10.2. The van der Waals surface area contributed by atoms with Gasteiger partial charge in [0.25, 0.3) is 0 Å². The minimum Gasteiger partial charge on any atom is -0.297 e. The van der Waals surface area contributed by atoms with Crippen molar-refractivity contribution in [3.05, 3.63) is 19.4 Å². The zero-order valence-electron chi connectivity index (χ0n) is 4.85. The molecule has 0 bridgehead atoms. The largest absolute Gasteiger partial charge is 0.297 e. The highest BCUT2D eigenvalue weighted by Crippen LogP contribution is 2.20.